The van der Waals surface area contributed by atoms with Gasteiger partial charge in [0.05, 0.1) is 6.54 Å². The van der Waals surface area contributed by atoms with Gasteiger partial charge in [-0.15, -0.1) is 0 Å². The fraction of sp³-hybridized carbons (Fsp3) is 0.632. The van der Waals surface area contributed by atoms with E-state index < -0.39 is 0 Å². The molecule has 0 amide bonds. The van der Waals surface area contributed by atoms with Crippen LogP contribution in [-0.2, 0) is 6.42 Å². The van der Waals surface area contributed by atoms with Crippen molar-refractivity contribution in [2.75, 3.05) is 52.9 Å². The Balaban J connectivity index is 1.77. The van der Waals surface area contributed by atoms with Crippen LogP contribution in [0.3, 0.4) is 0 Å². The fourth-order valence-electron chi connectivity index (χ4n) is 2.91. The van der Waals surface area contributed by atoms with E-state index in [-0.39, 0.29) is 0 Å². The normalized spacial score (nSPS) is 18.4. The molecule has 0 saturated carbocycles. The summed E-state index contributed by atoms with van der Waals surface area (Å²) in [6, 6.07) is 11.1. The van der Waals surface area contributed by atoms with Crippen molar-refractivity contribution >= 4 is 5.96 Å². The van der Waals surface area contributed by atoms with E-state index in [1.807, 2.05) is 0 Å². The Bertz CT molecular complexity index is 480. The molecule has 5 heteroatoms. The summed E-state index contributed by atoms with van der Waals surface area (Å²) in [5, 5.41) is 6.79. The Hall–Kier alpha value is -1.59. The molecule has 0 bridgehead atoms. The van der Waals surface area contributed by atoms with Gasteiger partial charge in [0, 0.05) is 45.3 Å². The molecule has 134 valence electrons. The van der Waals surface area contributed by atoms with Crippen LogP contribution < -0.4 is 10.6 Å². The average molecular weight is 332 g/mol. The van der Waals surface area contributed by atoms with E-state index in [1.165, 1.54) is 5.56 Å². The fourth-order valence-corrected chi connectivity index (χ4v) is 2.91. The molecule has 2 rings (SSSR count). The lowest BCUT2D eigenvalue weighted by atomic mass is 10.1. The van der Waals surface area contributed by atoms with Crippen molar-refractivity contribution in [1.82, 2.24) is 20.4 Å². The van der Waals surface area contributed by atoms with Gasteiger partial charge in [0.2, 0.25) is 0 Å². The predicted molar refractivity (Wildman–Crippen MR) is 103 cm³/mol. The van der Waals surface area contributed by atoms with Crippen molar-refractivity contribution in [1.29, 1.82) is 0 Å². The summed E-state index contributed by atoms with van der Waals surface area (Å²) in [6.07, 6.45) is 1.01. The molecular formula is C19H33N5. The lowest BCUT2D eigenvalue weighted by molar-refractivity contribution is 0.122. The average Bonchev–Trinajstić information content (AvgIpc) is 2.61. The van der Waals surface area contributed by atoms with Crippen LogP contribution in [0.25, 0.3) is 0 Å². The van der Waals surface area contributed by atoms with E-state index in [9.17, 15) is 0 Å². The van der Waals surface area contributed by atoms with Gasteiger partial charge in [0.1, 0.15) is 0 Å². The third-order valence-electron chi connectivity index (χ3n) is 4.57. The van der Waals surface area contributed by atoms with E-state index in [0.717, 1.165) is 58.2 Å². The molecule has 0 aliphatic carbocycles. The smallest absolute Gasteiger partial charge is 0.191 e. The number of aliphatic imine (C=N–C) groups is 1. The van der Waals surface area contributed by atoms with Crippen molar-refractivity contribution in [3.8, 4) is 0 Å². The molecule has 5 nitrogen and oxygen atoms in total. The number of rotatable bonds is 7. The molecule has 0 aromatic heterocycles. The van der Waals surface area contributed by atoms with Crippen LogP contribution in [0.5, 0.6) is 0 Å². The van der Waals surface area contributed by atoms with Crippen LogP contribution in [-0.4, -0.2) is 74.7 Å². The zero-order chi connectivity index (χ0) is 17.2. The first kappa shape index (κ1) is 18.7. The second kappa shape index (κ2) is 10.3. The summed E-state index contributed by atoms with van der Waals surface area (Å²) < 4.78 is 0. The van der Waals surface area contributed by atoms with Crippen molar-refractivity contribution in [2.24, 2.45) is 4.99 Å². The van der Waals surface area contributed by atoms with Crippen molar-refractivity contribution < 1.29 is 0 Å². The third kappa shape index (κ3) is 6.49. The Morgan fingerprint density at radius 3 is 2.50 bits per heavy atom. The van der Waals surface area contributed by atoms with Gasteiger partial charge in [-0.3, -0.25) is 9.89 Å². The Labute approximate surface area is 147 Å². The zero-order valence-electron chi connectivity index (χ0n) is 15.5. The minimum atomic E-state index is 0.489. The van der Waals surface area contributed by atoms with Gasteiger partial charge in [0.15, 0.2) is 5.96 Å². The molecule has 1 fully saturated rings. The highest BCUT2D eigenvalue weighted by molar-refractivity contribution is 5.79. The maximum Gasteiger partial charge on any atom is 0.191 e. The highest BCUT2D eigenvalue weighted by atomic mass is 15.3. The molecule has 1 atom stereocenters. The maximum atomic E-state index is 4.78. The van der Waals surface area contributed by atoms with Gasteiger partial charge < -0.3 is 15.5 Å². The molecule has 1 aliphatic rings. The van der Waals surface area contributed by atoms with E-state index in [1.54, 1.807) is 0 Å². The minimum Gasteiger partial charge on any atom is -0.357 e. The van der Waals surface area contributed by atoms with Gasteiger partial charge >= 0.3 is 0 Å². The van der Waals surface area contributed by atoms with Crippen LogP contribution >= 0.6 is 0 Å². The quantitative estimate of drug-likeness (QED) is 0.586. The zero-order valence-corrected chi connectivity index (χ0v) is 15.5. The maximum absolute atomic E-state index is 4.78. The van der Waals surface area contributed by atoms with Gasteiger partial charge in [0.25, 0.3) is 0 Å². The molecule has 2 N–H and O–H groups in total. The summed E-state index contributed by atoms with van der Waals surface area (Å²) in [6.45, 7) is 11.6. The van der Waals surface area contributed by atoms with Crippen molar-refractivity contribution in [3.05, 3.63) is 35.9 Å². The van der Waals surface area contributed by atoms with Crippen LogP contribution in [0, 0.1) is 0 Å². The van der Waals surface area contributed by atoms with Gasteiger partial charge in [-0.1, -0.05) is 30.3 Å². The van der Waals surface area contributed by atoms with Crippen LogP contribution in [0.4, 0.5) is 0 Å². The Morgan fingerprint density at radius 2 is 1.83 bits per heavy atom. The summed E-state index contributed by atoms with van der Waals surface area (Å²) in [5.41, 5.74) is 1.35. The Morgan fingerprint density at radius 1 is 1.12 bits per heavy atom. The van der Waals surface area contributed by atoms with Crippen molar-refractivity contribution in [3.63, 3.8) is 0 Å². The van der Waals surface area contributed by atoms with Crippen LogP contribution in [0.15, 0.2) is 35.3 Å². The van der Waals surface area contributed by atoms with E-state index >= 15 is 0 Å². The van der Waals surface area contributed by atoms with Crippen LogP contribution in [0.1, 0.15) is 19.4 Å². The number of piperazine rings is 1. The molecular weight excluding hydrogens is 298 g/mol. The topological polar surface area (TPSA) is 42.9 Å². The highest BCUT2D eigenvalue weighted by Crippen LogP contribution is 2.05. The predicted octanol–water partition coefficient (Wildman–Crippen LogP) is 1.42. The molecule has 1 saturated heterocycles. The van der Waals surface area contributed by atoms with Crippen LogP contribution in [0.2, 0.25) is 0 Å². The number of guanidine groups is 1. The molecule has 0 radical (unpaired) electrons. The summed E-state index contributed by atoms with van der Waals surface area (Å²) in [7, 11) is 2.19. The lowest BCUT2D eigenvalue weighted by Gasteiger charge is -2.35. The number of hydrogen-bond acceptors (Lipinski definition) is 3. The third-order valence-corrected chi connectivity index (χ3v) is 4.57. The SMILES string of the molecule is CCNC(=NC[C@H](C)N1CCN(C)CC1)NCCc1ccccc1. The van der Waals surface area contributed by atoms with Gasteiger partial charge in [-0.25, -0.2) is 0 Å². The standard InChI is InChI=1S/C19H33N5/c1-4-20-19(21-11-10-18-8-6-5-7-9-18)22-16-17(2)24-14-12-23(3)13-15-24/h5-9,17H,4,10-16H2,1-3H3,(H2,20,21,22)/t17-/m0/s1. The number of hydrogen-bond donors (Lipinski definition) is 2. The molecule has 0 unspecified atom stereocenters. The number of likely N-dealkylation sites (N-methyl/N-ethyl adjacent to an activating group) is 1. The second-order valence-corrected chi connectivity index (χ2v) is 6.57. The number of benzene rings is 1. The molecule has 0 spiro atoms. The first-order chi connectivity index (χ1) is 11.7. The minimum absolute atomic E-state index is 0.489. The molecule has 1 heterocycles. The lowest BCUT2D eigenvalue weighted by Crippen LogP contribution is -2.49. The molecule has 1 aromatic carbocycles. The monoisotopic (exact) mass is 331 g/mol. The molecule has 1 aliphatic heterocycles. The first-order valence-corrected chi connectivity index (χ1v) is 9.17. The van der Waals surface area contributed by atoms with Crippen molar-refractivity contribution in [2.45, 2.75) is 26.3 Å². The largest absolute Gasteiger partial charge is 0.357 e. The summed E-state index contributed by atoms with van der Waals surface area (Å²) in [5.74, 6) is 0.925. The molecule has 24 heavy (non-hydrogen) atoms. The number of nitrogens with zero attached hydrogens (tertiary/aromatic N) is 3. The van der Waals surface area contributed by atoms with Gasteiger partial charge in [-0.2, -0.15) is 0 Å². The van der Waals surface area contributed by atoms with E-state index in [2.05, 4.69) is 71.7 Å². The first-order valence-electron chi connectivity index (χ1n) is 9.17. The summed E-state index contributed by atoms with van der Waals surface area (Å²) >= 11 is 0. The Kier molecular flexibility index (Phi) is 8.05. The molecule has 1 aromatic rings. The van der Waals surface area contributed by atoms with Gasteiger partial charge in [-0.05, 0) is 32.9 Å². The second-order valence-electron chi connectivity index (χ2n) is 6.57. The van der Waals surface area contributed by atoms with E-state index in [0.29, 0.717) is 6.04 Å². The summed E-state index contributed by atoms with van der Waals surface area (Å²) in [4.78, 5) is 9.71. The highest BCUT2D eigenvalue weighted by Gasteiger charge is 2.18. The van der Waals surface area contributed by atoms with E-state index in [4.69, 9.17) is 4.99 Å². The number of nitrogens with one attached hydrogen (secondary N) is 2.